The van der Waals surface area contributed by atoms with E-state index in [2.05, 4.69) is 0 Å². The number of ether oxygens (including phenoxy) is 2. The molecular weight excluding hydrogens is 241 g/mol. The Morgan fingerprint density at radius 2 is 2.07 bits per heavy atom. The third kappa shape index (κ3) is 7.73. The molecule has 4 nitrogen and oxygen atoms in total. The van der Waals surface area contributed by atoms with Crippen molar-refractivity contribution in [3.8, 4) is 0 Å². The third-order valence-corrected chi connectivity index (χ3v) is 1.74. The Morgan fingerprint density at radius 1 is 1.53 bits per heavy atom. The van der Waals surface area contributed by atoms with Gasteiger partial charge in [0.25, 0.3) is 0 Å². The van der Waals surface area contributed by atoms with E-state index in [9.17, 15) is 4.79 Å². The van der Waals surface area contributed by atoms with Crippen LogP contribution < -0.4 is 12.4 Å². The molecule has 0 radical (unpaired) electrons. The minimum Gasteiger partial charge on any atom is -1.00 e. The number of nitrogens with zero attached hydrogens (tertiary/aromatic N) is 1. The summed E-state index contributed by atoms with van der Waals surface area (Å²) < 4.78 is 10.0. The lowest BCUT2D eigenvalue weighted by Gasteiger charge is -2.23. The fourth-order valence-electron chi connectivity index (χ4n) is 1.09. The minimum atomic E-state index is -0.805. The number of carbonyl (C=O) groups is 1. The van der Waals surface area contributed by atoms with Crippen LogP contribution in [0.4, 0.5) is 4.79 Å². The van der Waals surface area contributed by atoms with E-state index in [-0.39, 0.29) is 18.3 Å². The topological polar surface area (TPSA) is 38.8 Å². The van der Waals surface area contributed by atoms with Crippen LogP contribution in [0.15, 0.2) is 0 Å². The first-order valence-corrected chi connectivity index (χ1v) is 4.84. The SMILES string of the molecule is CCO[CH+]C(C)C(OC(=O)Cl)N(C)C.[Cl-]. The summed E-state index contributed by atoms with van der Waals surface area (Å²) in [6.45, 7) is 6.02. The summed E-state index contributed by atoms with van der Waals surface area (Å²) in [5, 5.41) is 0. The average molecular weight is 258 g/mol. The van der Waals surface area contributed by atoms with E-state index in [4.69, 9.17) is 21.1 Å². The van der Waals surface area contributed by atoms with E-state index >= 15 is 0 Å². The van der Waals surface area contributed by atoms with Gasteiger partial charge in [0.15, 0.2) is 5.92 Å². The van der Waals surface area contributed by atoms with Gasteiger partial charge in [-0.3, -0.25) is 4.90 Å². The average Bonchev–Trinajstić information content (AvgIpc) is 2.09. The van der Waals surface area contributed by atoms with Crippen LogP contribution in [0.5, 0.6) is 0 Å². The van der Waals surface area contributed by atoms with Crippen molar-refractivity contribution in [3.05, 3.63) is 6.61 Å². The first kappa shape index (κ1) is 17.2. The highest BCUT2D eigenvalue weighted by Crippen LogP contribution is 2.15. The second-order valence-electron chi connectivity index (χ2n) is 3.16. The normalized spacial score (nSPS) is 14.0. The molecule has 0 spiro atoms. The molecule has 0 fully saturated rings. The largest absolute Gasteiger partial charge is 1.00 e. The van der Waals surface area contributed by atoms with Gasteiger partial charge in [0.2, 0.25) is 12.8 Å². The summed E-state index contributed by atoms with van der Waals surface area (Å²) >= 11 is 5.15. The van der Waals surface area contributed by atoms with Crippen LogP contribution >= 0.6 is 11.6 Å². The number of halogens is 2. The summed E-state index contributed by atoms with van der Waals surface area (Å²) in [6.07, 6.45) is -0.397. The summed E-state index contributed by atoms with van der Waals surface area (Å²) in [6, 6.07) is 0. The molecule has 2 atom stereocenters. The van der Waals surface area contributed by atoms with Crippen LogP contribution in [-0.4, -0.2) is 37.3 Å². The number of rotatable bonds is 6. The third-order valence-electron chi connectivity index (χ3n) is 1.65. The van der Waals surface area contributed by atoms with Gasteiger partial charge >= 0.3 is 5.43 Å². The number of hydrogen-bond donors (Lipinski definition) is 0. The second-order valence-corrected chi connectivity index (χ2v) is 3.47. The van der Waals surface area contributed by atoms with Gasteiger partial charge in [-0.05, 0) is 27.9 Å². The Labute approximate surface area is 102 Å². The molecule has 0 aliphatic rings. The van der Waals surface area contributed by atoms with Crippen molar-refractivity contribution >= 4 is 17.0 Å². The van der Waals surface area contributed by atoms with Crippen LogP contribution in [0.3, 0.4) is 0 Å². The van der Waals surface area contributed by atoms with Gasteiger partial charge in [-0.1, -0.05) is 0 Å². The lowest BCUT2D eigenvalue weighted by Crippen LogP contribution is -3.00. The molecule has 0 saturated heterocycles. The van der Waals surface area contributed by atoms with Crippen LogP contribution in [-0.2, 0) is 9.47 Å². The van der Waals surface area contributed by atoms with Gasteiger partial charge in [-0.15, -0.1) is 0 Å². The van der Waals surface area contributed by atoms with Gasteiger partial charge in [0, 0.05) is 11.6 Å². The van der Waals surface area contributed by atoms with E-state index < -0.39 is 11.7 Å². The molecule has 0 rings (SSSR count). The maximum absolute atomic E-state index is 10.6. The summed E-state index contributed by atoms with van der Waals surface area (Å²) in [7, 11) is 3.61. The van der Waals surface area contributed by atoms with Gasteiger partial charge < -0.3 is 17.1 Å². The molecule has 0 aromatic heterocycles. The molecule has 0 saturated carbocycles. The van der Waals surface area contributed by atoms with Gasteiger partial charge in [0.05, 0.1) is 6.61 Å². The zero-order valence-corrected chi connectivity index (χ0v) is 10.9. The molecule has 15 heavy (non-hydrogen) atoms. The fourth-order valence-corrected chi connectivity index (χ4v) is 1.18. The van der Waals surface area contributed by atoms with Crippen molar-refractivity contribution in [2.75, 3.05) is 20.7 Å². The van der Waals surface area contributed by atoms with Crippen LogP contribution in [0.25, 0.3) is 0 Å². The summed E-state index contributed by atoms with van der Waals surface area (Å²) in [5.41, 5.74) is -0.805. The molecular formula is C9H17Cl2NO3. The maximum atomic E-state index is 10.6. The monoisotopic (exact) mass is 257 g/mol. The van der Waals surface area contributed by atoms with E-state index in [1.807, 2.05) is 13.8 Å². The van der Waals surface area contributed by atoms with Crippen molar-refractivity contribution in [1.29, 1.82) is 0 Å². The zero-order valence-electron chi connectivity index (χ0n) is 9.37. The van der Waals surface area contributed by atoms with Crippen LogP contribution in [0.1, 0.15) is 13.8 Å². The smallest absolute Gasteiger partial charge is 0.405 e. The first-order valence-electron chi connectivity index (χ1n) is 4.46. The number of carbonyl (C=O) groups excluding carboxylic acids is 1. The lowest BCUT2D eigenvalue weighted by molar-refractivity contribution is -0.0186. The van der Waals surface area contributed by atoms with Crippen molar-refractivity contribution < 1.29 is 26.7 Å². The van der Waals surface area contributed by atoms with Crippen molar-refractivity contribution in [2.24, 2.45) is 5.92 Å². The van der Waals surface area contributed by atoms with E-state index in [1.165, 1.54) is 0 Å². The molecule has 0 N–H and O–H groups in total. The van der Waals surface area contributed by atoms with E-state index in [1.54, 1.807) is 25.6 Å². The Hall–Kier alpha value is -0.160. The number of hydrogen-bond acceptors (Lipinski definition) is 4. The fraction of sp³-hybridized carbons (Fsp3) is 0.778. The van der Waals surface area contributed by atoms with Crippen LogP contribution in [0, 0.1) is 12.5 Å². The highest BCUT2D eigenvalue weighted by molar-refractivity contribution is 6.61. The second kappa shape index (κ2) is 9.09. The highest BCUT2D eigenvalue weighted by Gasteiger charge is 2.30. The van der Waals surface area contributed by atoms with Gasteiger partial charge in [-0.25, -0.2) is 4.79 Å². The minimum absolute atomic E-state index is 0. The van der Waals surface area contributed by atoms with Crippen molar-refractivity contribution in [3.63, 3.8) is 0 Å². The van der Waals surface area contributed by atoms with Crippen LogP contribution in [0.2, 0.25) is 0 Å². The maximum Gasteiger partial charge on any atom is 0.405 e. The Kier molecular flexibility index (Phi) is 10.5. The molecule has 0 aliphatic carbocycles. The highest BCUT2D eigenvalue weighted by atomic mass is 35.5. The van der Waals surface area contributed by atoms with E-state index in [0.717, 1.165) is 0 Å². The van der Waals surface area contributed by atoms with Crippen molar-refractivity contribution in [1.82, 2.24) is 4.90 Å². The Bertz CT molecular complexity index is 179. The molecule has 90 valence electrons. The molecule has 6 heteroatoms. The molecule has 0 aromatic carbocycles. The molecule has 0 amide bonds. The standard InChI is InChI=1S/C9H17ClNO3.ClH/c1-5-13-6-7(2)8(11(3)4)14-9(10)12;/h6-8H,5H2,1-4H3;1H/q+1;/p-1. The van der Waals surface area contributed by atoms with Gasteiger partial charge in [0.1, 0.15) is 0 Å². The first-order chi connectivity index (χ1) is 6.49. The summed E-state index contributed by atoms with van der Waals surface area (Å²) in [4.78, 5) is 12.4. The molecule has 0 heterocycles. The van der Waals surface area contributed by atoms with E-state index in [0.29, 0.717) is 6.61 Å². The predicted octanol–water partition coefficient (Wildman–Crippen LogP) is -0.912. The van der Waals surface area contributed by atoms with Crippen molar-refractivity contribution in [2.45, 2.75) is 20.1 Å². The molecule has 2 unspecified atom stereocenters. The van der Waals surface area contributed by atoms with Gasteiger partial charge in [-0.2, -0.15) is 4.74 Å². The molecule has 0 aromatic rings. The summed E-state index contributed by atoms with van der Waals surface area (Å²) in [5.74, 6) is -0.0346. The zero-order chi connectivity index (χ0) is 11.1. The Balaban J connectivity index is 0. The lowest BCUT2D eigenvalue weighted by atomic mass is 10.1. The molecule has 0 aliphatic heterocycles. The molecule has 0 bridgehead atoms. The Morgan fingerprint density at radius 3 is 2.40 bits per heavy atom. The predicted molar refractivity (Wildman–Crippen MR) is 54.9 cm³/mol. The quantitative estimate of drug-likeness (QED) is 0.351.